The summed E-state index contributed by atoms with van der Waals surface area (Å²) in [4.78, 5) is 4.63. The van der Waals surface area contributed by atoms with Crippen molar-refractivity contribution in [3.05, 3.63) is 59.2 Å². The molecule has 1 heterocycles. The summed E-state index contributed by atoms with van der Waals surface area (Å²) < 4.78 is 11.9. The molecule has 2 N–H and O–H groups in total. The molecule has 0 spiro atoms. The second-order valence-corrected chi connectivity index (χ2v) is 6.80. The molecule has 3 rings (SSSR count). The fourth-order valence-electron chi connectivity index (χ4n) is 2.91. The van der Waals surface area contributed by atoms with E-state index in [2.05, 4.69) is 17.1 Å². The minimum absolute atomic E-state index is 0.145. The third-order valence-corrected chi connectivity index (χ3v) is 4.43. The minimum atomic E-state index is 0.145. The number of nitrogens with two attached hydrogens (primary N) is 1. The Labute approximate surface area is 155 Å². The van der Waals surface area contributed by atoms with E-state index in [1.165, 1.54) is 5.56 Å². The second-order valence-electron chi connectivity index (χ2n) is 6.80. The maximum atomic E-state index is 6.05. The number of nitrogens with zero attached hydrogens (tertiary/aromatic N) is 1. The van der Waals surface area contributed by atoms with Gasteiger partial charge in [0.05, 0.1) is 11.6 Å². The van der Waals surface area contributed by atoms with Gasteiger partial charge in [-0.05, 0) is 87.7 Å². The molecule has 0 bridgehead atoms. The third-order valence-electron chi connectivity index (χ3n) is 4.43. The van der Waals surface area contributed by atoms with E-state index in [0.717, 1.165) is 39.9 Å². The maximum absolute atomic E-state index is 6.05. The number of aromatic nitrogens is 1. The van der Waals surface area contributed by atoms with Gasteiger partial charge in [0, 0.05) is 11.5 Å². The van der Waals surface area contributed by atoms with Crippen LogP contribution in [0.2, 0.25) is 0 Å². The molecule has 0 fully saturated rings. The number of ether oxygens (including phenoxy) is 2. The molecule has 0 aliphatic heterocycles. The highest BCUT2D eigenvalue weighted by atomic mass is 16.5. The Morgan fingerprint density at radius 2 is 1.69 bits per heavy atom. The zero-order valence-electron chi connectivity index (χ0n) is 15.9. The van der Waals surface area contributed by atoms with Crippen molar-refractivity contribution in [1.82, 2.24) is 4.98 Å². The van der Waals surface area contributed by atoms with Crippen LogP contribution in [0, 0.1) is 13.8 Å². The van der Waals surface area contributed by atoms with E-state index in [-0.39, 0.29) is 6.10 Å². The van der Waals surface area contributed by atoms with Crippen molar-refractivity contribution >= 4 is 10.9 Å². The zero-order valence-corrected chi connectivity index (χ0v) is 15.9. The number of benzene rings is 2. The zero-order chi connectivity index (χ0) is 18.7. The average Bonchev–Trinajstić information content (AvgIpc) is 2.61. The number of hydrogen-bond donors (Lipinski definition) is 1. The molecule has 0 atom stereocenters. The first-order valence-electron chi connectivity index (χ1n) is 9.02. The van der Waals surface area contributed by atoms with Gasteiger partial charge < -0.3 is 15.2 Å². The van der Waals surface area contributed by atoms with Crippen LogP contribution in [-0.4, -0.2) is 17.6 Å². The van der Waals surface area contributed by atoms with Crippen LogP contribution in [0.4, 0.5) is 0 Å². The average molecular weight is 350 g/mol. The molecule has 4 nitrogen and oxygen atoms in total. The normalized spacial score (nSPS) is 11.2. The molecular formula is C22H26N2O2. The first-order chi connectivity index (χ1) is 12.5. The third kappa shape index (κ3) is 3.97. The Hall–Kier alpha value is -2.59. The van der Waals surface area contributed by atoms with Crippen molar-refractivity contribution in [3.63, 3.8) is 0 Å². The summed E-state index contributed by atoms with van der Waals surface area (Å²) in [5.74, 6) is 2.28. The fraction of sp³-hybridized carbons (Fsp3) is 0.318. The summed E-state index contributed by atoms with van der Waals surface area (Å²) in [7, 11) is 0. The van der Waals surface area contributed by atoms with Crippen molar-refractivity contribution in [2.75, 3.05) is 6.54 Å². The molecule has 4 heteroatoms. The lowest BCUT2D eigenvalue weighted by molar-refractivity contribution is 0.240. The van der Waals surface area contributed by atoms with Crippen molar-refractivity contribution in [2.24, 2.45) is 5.73 Å². The molecule has 0 amide bonds. The predicted molar refractivity (Wildman–Crippen MR) is 106 cm³/mol. The van der Waals surface area contributed by atoms with Gasteiger partial charge in [-0.1, -0.05) is 6.07 Å². The molecule has 0 unspecified atom stereocenters. The van der Waals surface area contributed by atoms with Gasteiger partial charge >= 0.3 is 0 Å². The second kappa shape index (κ2) is 7.75. The highest BCUT2D eigenvalue weighted by molar-refractivity contribution is 5.79. The lowest BCUT2D eigenvalue weighted by Crippen LogP contribution is -2.07. The van der Waals surface area contributed by atoms with E-state index in [1.807, 2.05) is 58.0 Å². The van der Waals surface area contributed by atoms with E-state index in [1.54, 1.807) is 0 Å². The van der Waals surface area contributed by atoms with Crippen LogP contribution in [0.25, 0.3) is 10.9 Å². The Bertz CT molecular complexity index is 919. The van der Waals surface area contributed by atoms with Crippen molar-refractivity contribution in [1.29, 1.82) is 0 Å². The minimum Gasteiger partial charge on any atom is -0.491 e. The molecule has 136 valence electrons. The summed E-state index contributed by atoms with van der Waals surface area (Å²) in [5, 5.41) is 1.09. The molecule has 0 aliphatic rings. The van der Waals surface area contributed by atoms with Crippen LogP contribution in [-0.2, 0) is 6.42 Å². The Morgan fingerprint density at radius 1 is 0.962 bits per heavy atom. The van der Waals surface area contributed by atoms with Gasteiger partial charge in [-0.3, -0.25) is 0 Å². The quantitative estimate of drug-likeness (QED) is 0.684. The lowest BCUT2D eigenvalue weighted by Gasteiger charge is -2.16. The largest absolute Gasteiger partial charge is 0.491 e. The van der Waals surface area contributed by atoms with E-state index >= 15 is 0 Å². The van der Waals surface area contributed by atoms with E-state index in [4.69, 9.17) is 15.2 Å². The highest BCUT2D eigenvalue weighted by Gasteiger charge is 2.11. The van der Waals surface area contributed by atoms with Crippen molar-refractivity contribution in [2.45, 2.75) is 40.2 Å². The lowest BCUT2D eigenvalue weighted by atomic mass is 10.1. The van der Waals surface area contributed by atoms with Crippen molar-refractivity contribution in [3.8, 4) is 17.4 Å². The van der Waals surface area contributed by atoms with Crippen molar-refractivity contribution < 1.29 is 9.47 Å². The van der Waals surface area contributed by atoms with Crippen LogP contribution >= 0.6 is 0 Å². The molecule has 1 aromatic heterocycles. The molecule has 26 heavy (non-hydrogen) atoms. The molecular weight excluding hydrogens is 324 g/mol. The first kappa shape index (κ1) is 18.2. The topological polar surface area (TPSA) is 57.4 Å². The van der Waals surface area contributed by atoms with Gasteiger partial charge in [0.25, 0.3) is 0 Å². The highest BCUT2D eigenvalue weighted by Crippen LogP contribution is 2.32. The fourth-order valence-corrected chi connectivity index (χ4v) is 2.91. The van der Waals surface area contributed by atoms with Crippen LogP contribution in [0.15, 0.2) is 42.5 Å². The van der Waals surface area contributed by atoms with E-state index < -0.39 is 0 Å². The predicted octanol–water partition coefficient (Wildman–Crippen LogP) is 4.93. The monoisotopic (exact) mass is 350 g/mol. The van der Waals surface area contributed by atoms with Crippen LogP contribution < -0.4 is 15.2 Å². The van der Waals surface area contributed by atoms with E-state index in [0.29, 0.717) is 12.4 Å². The Kier molecular flexibility index (Phi) is 5.43. The molecule has 0 saturated heterocycles. The van der Waals surface area contributed by atoms with Gasteiger partial charge in [-0.25, -0.2) is 4.98 Å². The molecule has 0 radical (unpaired) electrons. The molecule has 3 aromatic rings. The summed E-state index contributed by atoms with van der Waals surface area (Å²) in [6.45, 7) is 8.79. The summed E-state index contributed by atoms with van der Waals surface area (Å²) in [6.07, 6.45) is 1.02. The van der Waals surface area contributed by atoms with Crippen LogP contribution in [0.1, 0.15) is 30.5 Å². The summed E-state index contributed by atoms with van der Waals surface area (Å²) in [5.41, 5.74) is 9.92. The number of fused-ring (bicyclic) bond motifs is 1. The molecule has 2 aromatic carbocycles. The molecule has 0 saturated carbocycles. The SMILES string of the molecule is Cc1c(Oc2ccc3cc(CCN)ccc3n2)ccc(OC(C)C)c1C. The Balaban J connectivity index is 1.86. The smallest absolute Gasteiger partial charge is 0.219 e. The van der Waals surface area contributed by atoms with Crippen LogP contribution in [0.5, 0.6) is 17.4 Å². The molecule has 0 aliphatic carbocycles. The standard InChI is InChI=1S/C22H26N2O2/c1-14(2)25-20-8-9-21(16(4)15(20)3)26-22-10-6-18-13-17(11-12-23)5-7-19(18)24-22/h5-10,13-14H,11-12,23H2,1-4H3. The van der Waals surface area contributed by atoms with Gasteiger partial charge in [-0.15, -0.1) is 0 Å². The first-order valence-corrected chi connectivity index (χ1v) is 9.02. The van der Waals surface area contributed by atoms with E-state index in [9.17, 15) is 0 Å². The van der Waals surface area contributed by atoms with Gasteiger partial charge in [0.2, 0.25) is 5.88 Å². The summed E-state index contributed by atoms with van der Waals surface area (Å²) in [6, 6.07) is 14.1. The maximum Gasteiger partial charge on any atom is 0.219 e. The number of hydrogen-bond acceptors (Lipinski definition) is 4. The number of rotatable bonds is 6. The van der Waals surface area contributed by atoms with Crippen LogP contribution in [0.3, 0.4) is 0 Å². The van der Waals surface area contributed by atoms with Gasteiger partial charge in [0.15, 0.2) is 0 Å². The Morgan fingerprint density at radius 3 is 2.42 bits per heavy atom. The van der Waals surface area contributed by atoms with Gasteiger partial charge in [-0.2, -0.15) is 0 Å². The number of pyridine rings is 1. The summed E-state index contributed by atoms with van der Waals surface area (Å²) >= 11 is 0. The van der Waals surface area contributed by atoms with Gasteiger partial charge in [0.1, 0.15) is 11.5 Å².